The molecule has 0 aliphatic heterocycles. The van der Waals surface area contributed by atoms with Gasteiger partial charge in [0.15, 0.2) is 11.6 Å². The van der Waals surface area contributed by atoms with Gasteiger partial charge in [0.05, 0.1) is 0 Å². The summed E-state index contributed by atoms with van der Waals surface area (Å²) in [5, 5.41) is 0. The standard InChI is InChI=1S/C15H14O2/c1-4-6-14(17)12(3)15(9-5-2)10-7-13(16)8-11-15/h6-12H,1-2H2,3H3/t12-/m1/s1. The molecule has 0 aromatic rings. The average Bonchev–Trinajstić information content (AvgIpc) is 2.32. The molecule has 0 unspecified atom stereocenters. The van der Waals surface area contributed by atoms with E-state index in [1.54, 1.807) is 25.2 Å². The zero-order valence-electron chi connectivity index (χ0n) is 9.77. The summed E-state index contributed by atoms with van der Waals surface area (Å²) >= 11 is 0. The maximum atomic E-state index is 11.8. The van der Waals surface area contributed by atoms with Gasteiger partial charge in [-0.15, -0.1) is 11.5 Å². The molecule has 1 atom stereocenters. The van der Waals surface area contributed by atoms with Crippen LogP contribution in [0.5, 0.6) is 0 Å². The molecule has 0 fully saturated rings. The second-order valence-corrected chi connectivity index (χ2v) is 3.89. The van der Waals surface area contributed by atoms with Crippen molar-refractivity contribution in [3.8, 4) is 0 Å². The quantitative estimate of drug-likeness (QED) is 0.545. The van der Waals surface area contributed by atoms with Crippen molar-refractivity contribution >= 4 is 11.6 Å². The summed E-state index contributed by atoms with van der Waals surface area (Å²) in [6, 6.07) is 0. The number of hydrogen-bond acceptors (Lipinski definition) is 2. The molecule has 1 aliphatic carbocycles. The number of carbonyl (C=O) groups excluding carboxylic acids is 2. The van der Waals surface area contributed by atoms with Crippen LogP contribution in [0.3, 0.4) is 0 Å². The largest absolute Gasteiger partial charge is 0.294 e. The van der Waals surface area contributed by atoms with Crippen molar-refractivity contribution in [3.05, 3.63) is 61.1 Å². The second-order valence-electron chi connectivity index (χ2n) is 3.89. The average molecular weight is 226 g/mol. The summed E-state index contributed by atoms with van der Waals surface area (Å²) in [6.07, 6.45) is 9.30. The lowest BCUT2D eigenvalue weighted by Gasteiger charge is -2.29. The first-order valence-corrected chi connectivity index (χ1v) is 5.25. The molecular weight excluding hydrogens is 212 g/mol. The van der Waals surface area contributed by atoms with Crippen molar-refractivity contribution in [2.24, 2.45) is 11.3 Å². The number of carbonyl (C=O) groups is 2. The Morgan fingerprint density at radius 2 is 1.94 bits per heavy atom. The molecule has 0 heterocycles. The minimum Gasteiger partial charge on any atom is -0.294 e. The third kappa shape index (κ3) is 2.70. The van der Waals surface area contributed by atoms with E-state index in [0.29, 0.717) is 0 Å². The normalized spacial score (nSPS) is 17.8. The fraction of sp³-hybridized carbons (Fsp3) is 0.200. The zero-order chi connectivity index (χ0) is 12.9. The minimum atomic E-state index is -0.639. The topological polar surface area (TPSA) is 34.1 Å². The summed E-state index contributed by atoms with van der Waals surface area (Å²) in [4.78, 5) is 23.0. The lowest BCUT2D eigenvalue weighted by molar-refractivity contribution is -0.119. The lowest BCUT2D eigenvalue weighted by Crippen LogP contribution is -2.29. The van der Waals surface area contributed by atoms with Crippen LogP contribution < -0.4 is 0 Å². The summed E-state index contributed by atoms with van der Waals surface area (Å²) < 4.78 is 0. The molecule has 2 heteroatoms. The van der Waals surface area contributed by atoms with E-state index >= 15 is 0 Å². The molecule has 1 rings (SSSR count). The van der Waals surface area contributed by atoms with E-state index in [2.05, 4.69) is 24.6 Å². The molecule has 1 aliphatic rings. The van der Waals surface area contributed by atoms with Gasteiger partial charge >= 0.3 is 0 Å². The smallest absolute Gasteiger partial charge is 0.178 e. The van der Waals surface area contributed by atoms with Crippen molar-refractivity contribution in [3.63, 3.8) is 0 Å². The van der Waals surface area contributed by atoms with Gasteiger partial charge in [-0.25, -0.2) is 0 Å². The highest BCUT2D eigenvalue weighted by Gasteiger charge is 2.34. The number of hydrogen-bond donors (Lipinski definition) is 0. The fourth-order valence-corrected chi connectivity index (χ4v) is 1.72. The Morgan fingerprint density at radius 1 is 1.35 bits per heavy atom. The summed E-state index contributed by atoms with van der Waals surface area (Å²) in [6.45, 7) is 8.69. The maximum Gasteiger partial charge on any atom is 0.178 e. The summed E-state index contributed by atoms with van der Waals surface area (Å²) in [7, 11) is 0. The molecule has 0 N–H and O–H groups in total. The highest BCUT2D eigenvalue weighted by Crippen LogP contribution is 2.35. The van der Waals surface area contributed by atoms with Crippen molar-refractivity contribution in [2.45, 2.75) is 6.92 Å². The molecule has 0 aromatic carbocycles. The van der Waals surface area contributed by atoms with E-state index in [9.17, 15) is 9.59 Å². The maximum absolute atomic E-state index is 11.8. The molecule has 0 spiro atoms. The minimum absolute atomic E-state index is 0.0861. The first-order valence-electron chi connectivity index (χ1n) is 5.25. The van der Waals surface area contributed by atoms with Gasteiger partial charge in [0.2, 0.25) is 0 Å². The van der Waals surface area contributed by atoms with Gasteiger partial charge in [-0.05, 0) is 18.2 Å². The Hall–Kier alpha value is -2.14. The highest BCUT2D eigenvalue weighted by molar-refractivity contribution is 6.01. The van der Waals surface area contributed by atoms with Crippen LogP contribution in [0.2, 0.25) is 0 Å². The molecule has 0 aromatic heterocycles. The van der Waals surface area contributed by atoms with Crippen LogP contribution >= 0.6 is 0 Å². The Bertz CT molecular complexity index is 477. The predicted molar refractivity (Wildman–Crippen MR) is 67.3 cm³/mol. The van der Waals surface area contributed by atoms with Gasteiger partial charge in [-0.3, -0.25) is 9.59 Å². The molecule has 2 nitrogen and oxygen atoms in total. The molecular formula is C15H14O2. The Kier molecular flexibility index (Phi) is 4.01. The second kappa shape index (κ2) is 5.27. The third-order valence-corrected chi connectivity index (χ3v) is 2.85. The van der Waals surface area contributed by atoms with Gasteiger partial charge < -0.3 is 0 Å². The van der Waals surface area contributed by atoms with E-state index in [0.717, 1.165) is 0 Å². The molecule has 86 valence electrons. The number of rotatable bonds is 4. The SMILES string of the molecule is C=C=CC(=O)[C@@H](C)C1(C=C=C)C=CC(=O)C=C1. The monoisotopic (exact) mass is 226 g/mol. The Labute approximate surface area is 101 Å². The Balaban J connectivity index is 3.18. The van der Waals surface area contributed by atoms with Gasteiger partial charge in [0.25, 0.3) is 0 Å². The van der Waals surface area contributed by atoms with Crippen LogP contribution in [0.4, 0.5) is 0 Å². The van der Waals surface area contributed by atoms with Crippen LogP contribution in [0, 0.1) is 11.3 Å². The summed E-state index contributed by atoms with van der Waals surface area (Å²) in [5.74, 6) is -0.543. The summed E-state index contributed by atoms with van der Waals surface area (Å²) in [5.41, 5.74) is 4.51. The lowest BCUT2D eigenvalue weighted by atomic mass is 9.72. The number of ketones is 2. The first kappa shape index (κ1) is 12.9. The van der Waals surface area contributed by atoms with E-state index in [-0.39, 0.29) is 17.5 Å². The van der Waals surface area contributed by atoms with Gasteiger partial charge in [-0.2, -0.15) is 0 Å². The number of allylic oxidation sites excluding steroid dienone is 6. The molecule has 17 heavy (non-hydrogen) atoms. The highest BCUT2D eigenvalue weighted by atomic mass is 16.1. The van der Waals surface area contributed by atoms with E-state index < -0.39 is 5.41 Å². The molecule has 0 amide bonds. The van der Waals surface area contributed by atoms with Crippen molar-refractivity contribution in [1.29, 1.82) is 0 Å². The molecule has 0 saturated carbocycles. The van der Waals surface area contributed by atoms with Gasteiger partial charge in [0.1, 0.15) is 0 Å². The van der Waals surface area contributed by atoms with Gasteiger partial charge in [0, 0.05) is 17.4 Å². The van der Waals surface area contributed by atoms with Gasteiger partial charge in [-0.1, -0.05) is 32.2 Å². The van der Waals surface area contributed by atoms with Crippen molar-refractivity contribution in [1.82, 2.24) is 0 Å². The van der Waals surface area contributed by atoms with Crippen LogP contribution in [-0.2, 0) is 9.59 Å². The van der Waals surface area contributed by atoms with Crippen molar-refractivity contribution in [2.75, 3.05) is 0 Å². The predicted octanol–water partition coefficient (Wildman–Crippen LogP) is 2.56. The molecule has 0 radical (unpaired) electrons. The van der Waals surface area contributed by atoms with E-state index in [4.69, 9.17) is 0 Å². The van der Waals surface area contributed by atoms with Crippen LogP contribution in [-0.4, -0.2) is 11.6 Å². The first-order chi connectivity index (χ1) is 8.05. The Morgan fingerprint density at radius 3 is 2.41 bits per heavy atom. The van der Waals surface area contributed by atoms with E-state index in [1.165, 1.54) is 18.2 Å². The van der Waals surface area contributed by atoms with Crippen LogP contribution in [0.1, 0.15) is 6.92 Å². The molecule has 0 saturated heterocycles. The molecule has 0 bridgehead atoms. The third-order valence-electron chi connectivity index (χ3n) is 2.85. The van der Waals surface area contributed by atoms with E-state index in [1.807, 2.05) is 0 Å². The van der Waals surface area contributed by atoms with Crippen molar-refractivity contribution < 1.29 is 9.59 Å². The fourth-order valence-electron chi connectivity index (χ4n) is 1.72. The van der Waals surface area contributed by atoms with Crippen LogP contribution in [0.15, 0.2) is 61.1 Å². The van der Waals surface area contributed by atoms with Crippen LogP contribution in [0.25, 0.3) is 0 Å². The zero-order valence-corrected chi connectivity index (χ0v) is 9.77.